The summed E-state index contributed by atoms with van der Waals surface area (Å²) in [6, 6.07) is 10.9. The lowest BCUT2D eigenvalue weighted by atomic mass is 10.1. The number of hydrogen-bond donors (Lipinski definition) is 1. The van der Waals surface area contributed by atoms with Gasteiger partial charge in [0.05, 0.1) is 13.2 Å². The lowest BCUT2D eigenvalue weighted by Gasteiger charge is -2.29. The molecule has 2 amide bonds. The Hall–Kier alpha value is -3.09. The number of rotatable bonds is 12. The molecule has 1 unspecified atom stereocenters. The van der Waals surface area contributed by atoms with Gasteiger partial charge in [-0.15, -0.1) is 0 Å². The van der Waals surface area contributed by atoms with Crippen molar-refractivity contribution >= 4 is 11.8 Å². The molecule has 7 heteroatoms. The number of nitrogens with zero attached hydrogens (tertiary/aromatic N) is 1. The van der Waals surface area contributed by atoms with Crippen LogP contribution < -0.4 is 14.8 Å². The van der Waals surface area contributed by atoms with E-state index < -0.39 is 6.04 Å². The Morgan fingerprint density at radius 3 is 2.15 bits per heavy atom. The number of nitrogens with one attached hydrogen (secondary N) is 1. The molecule has 0 aliphatic carbocycles. The molecule has 0 saturated carbocycles. The van der Waals surface area contributed by atoms with Crippen molar-refractivity contribution in [3.05, 3.63) is 59.4 Å². The van der Waals surface area contributed by atoms with Crippen molar-refractivity contribution in [2.24, 2.45) is 0 Å². The van der Waals surface area contributed by atoms with E-state index in [1.165, 1.54) is 12.1 Å². The smallest absolute Gasteiger partial charge is 0.242 e. The third-order valence-electron chi connectivity index (χ3n) is 5.10. The molecule has 0 aliphatic rings. The molecule has 1 atom stereocenters. The maximum absolute atomic E-state index is 13.3. The minimum Gasteiger partial charge on any atom is -0.490 e. The highest BCUT2D eigenvalue weighted by atomic mass is 19.1. The van der Waals surface area contributed by atoms with Gasteiger partial charge < -0.3 is 19.7 Å². The molecule has 0 aliphatic heterocycles. The van der Waals surface area contributed by atoms with Gasteiger partial charge in [-0.2, -0.15) is 0 Å². The first-order valence-corrected chi connectivity index (χ1v) is 11.5. The highest BCUT2D eigenvalue weighted by molar-refractivity contribution is 5.87. The molecule has 0 spiro atoms. The molecule has 2 aromatic carbocycles. The fourth-order valence-electron chi connectivity index (χ4n) is 3.42. The highest BCUT2D eigenvalue weighted by Gasteiger charge is 2.26. The second-order valence-electron chi connectivity index (χ2n) is 8.13. The van der Waals surface area contributed by atoms with Crippen molar-refractivity contribution in [1.82, 2.24) is 10.2 Å². The van der Waals surface area contributed by atoms with E-state index in [-0.39, 0.29) is 36.6 Å². The zero-order valence-corrected chi connectivity index (χ0v) is 20.2. The highest BCUT2D eigenvalue weighted by Crippen LogP contribution is 2.29. The number of halogens is 1. The molecule has 0 bridgehead atoms. The maximum Gasteiger partial charge on any atom is 0.242 e. The Labute approximate surface area is 196 Å². The molecule has 6 nitrogen and oxygen atoms in total. The molecule has 0 fully saturated rings. The minimum absolute atomic E-state index is 0.0384. The summed E-state index contributed by atoms with van der Waals surface area (Å²) in [5.41, 5.74) is 1.70. The van der Waals surface area contributed by atoms with Crippen LogP contribution in [-0.2, 0) is 22.6 Å². The standard InChI is InChI=1S/C26H35FN2O4/c1-6-32-23-14-10-20(16-24(23)33-7-2)11-15-25(30)29(19(5)26(31)28-18(3)4)17-21-8-12-22(27)13-9-21/h8-10,12-14,16,18-19H,6-7,11,15,17H2,1-5H3,(H,28,31). The number of ether oxygens (including phenoxy) is 2. The second kappa shape index (κ2) is 12.8. The molecule has 2 rings (SSSR count). The van der Waals surface area contributed by atoms with E-state index >= 15 is 0 Å². The predicted molar refractivity (Wildman–Crippen MR) is 127 cm³/mol. The van der Waals surface area contributed by atoms with Crippen molar-refractivity contribution in [2.45, 2.75) is 66.1 Å². The first-order valence-electron chi connectivity index (χ1n) is 11.5. The predicted octanol–water partition coefficient (Wildman–Crippen LogP) is 4.50. The third kappa shape index (κ3) is 8.08. The van der Waals surface area contributed by atoms with Gasteiger partial charge in [0.25, 0.3) is 0 Å². The lowest BCUT2D eigenvalue weighted by Crippen LogP contribution is -2.49. The Morgan fingerprint density at radius 2 is 1.55 bits per heavy atom. The number of amides is 2. The maximum atomic E-state index is 13.3. The molecular weight excluding hydrogens is 423 g/mol. The quantitative estimate of drug-likeness (QED) is 0.509. The second-order valence-corrected chi connectivity index (χ2v) is 8.13. The van der Waals surface area contributed by atoms with Crippen LogP contribution >= 0.6 is 0 Å². The molecular formula is C26H35FN2O4. The summed E-state index contributed by atoms with van der Waals surface area (Å²) in [7, 11) is 0. The van der Waals surface area contributed by atoms with Gasteiger partial charge in [-0.25, -0.2) is 4.39 Å². The summed E-state index contributed by atoms with van der Waals surface area (Å²) in [5.74, 6) is 0.601. The summed E-state index contributed by atoms with van der Waals surface area (Å²) in [5, 5.41) is 2.86. The molecule has 1 N–H and O–H groups in total. The van der Waals surface area contributed by atoms with Crippen molar-refractivity contribution in [1.29, 1.82) is 0 Å². The fraction of sp³-hybridized carbons (Fsp3) is 0.462. The minimum atomic E-state index is -0.663. The van der Waals surface area contributed by atoms with Crippen molar-refractivity contribution in [2.75, 3.05) is 13.2 Å². The number of aryl methyl sites for hydroxylation is 1. The van der Waals surface area contributed by atoms with E-state index in [0.29, 0.717) is 31.1 Å². The third-order valence-corrected chi connectivity index (χ3v) is 5.10. The van der Waals surface area contributed by atoms with Crippen LogP contribution in [0.5, 0.6) is 11.5 Å². The van der Waals surface area contributed by atoms with Gasteiger partial charge in [0.15, 0.2) is 11.5 Å². The van der Waals surface area contributed by atoms with Crippen molar-refractivity contribution in [3.8, 4) is 11.5 Å². The average molecular weight is 459 g/mol. The van der Waals surface area contributed by atoms with Crippen LogP contribution in [0.4, 0.5) is 4.39 Å². The van der Waals surface area contributed by atoms with Crippen LogP contribution in [-0.4, -0.2) is 42.0 Å². The van der Waals surface area contributed by atoms with Crippen LogP contribution in [0.3, 0.4) is 0 Å². The van der Waals surface area contributed by atoms with Gasteiger partial charge in [0.1, 0.15) is 11.9 Å². The molecule has 180 valence electrons. The largest absolute Gasteiger partial charge is 0.490 e. The number of benzene rings is 2. The summed E-state index contributed by atoms with van der Waals surface area (Å²) in [4.78, 5) is 27.4. The van der Waals surface area contributed by atoms with Gasteiger partial charge in [-0.3, -0.25) is 9.59 Å². The molecule has 0 saturated heterocycles. The van der Waals surface area contributed by atoms with Crippen molar-refractivity contribution < 1.29 is 23.5 Å². The Kier molecular flexibility index (Phi) is 10.2. The Bertz CT molecular complexity index is 915. The normalized spacial score (nSPS) is 11.7. The number of carbonyl (C=O) groups is 2. The van der Waals surface area contributed by atoms with E-state index in [2.05, 4.69) is 5.32 Å². The number of hydrogen-bond acceptors (Lipinski definition) is 4. The van der Waals surface area contributed by atoms with Gasteiger partial charge in [0, 0.05) is 19.0 Å². The Morgan fingerprint density at radius 1 is 0.939 bits per heavy atom. The monoisotopic (exact) mass is 458 g/mol. The van der Waals surface area contributed by atoms with E-state index in [1.807, 2.05) is 45.9 Å². The van der Waals surface area contributed by atoms with Gasteiger partial charge >= 0.3 is 0 Å². The van der Waals surface area contributed by atoms with Crippen LogP contribution in [0.25, 0.3) is 0 Å². The van der Waals surface area contributed by atoms with Crippen LogP contribution in [0.15, 0.2) is 42.5 Å². The number of carbonyl (C=O) groups excluding carboxylic acids is 2. The van der Waals surface area contributed by atoms with E-state index in [0.717, 1.165) is 11.1 Å². The fourth-order valence-corrected chi connectivity index (χ4v) is 3.42. The molecule has 0 radical (unpaired) electrons. The van der Waals surface area contributed by atoms with Crippen molar-refractivity contribution in [3.63, 3.8) is 0 Å². The van der Waals surface area contributed by atoms with E-state index in [1.54, 1.807) is 24.0 Å². The van der Waals surface area contributed by atoms with Gasteiger partial charge in [-0.1, -0.05) is 18.2 Å². The first kappa shape index (κ1) is 26.2. The molecule has 33 heavy (non-hydrogen) atoms. The van der Waals surface area contributed by atoms with Gasteiger partial charge in [-0.05, 0) is 76.4 Å². The SMILES string of the molecule is CCOc1ccc(CCC(=O)N(Cc2ccc(F)cc2)C(C)C(=O)NC(C)C)cc1OCC. The lowest BCUT2D eigenvalue weighted by molar-refractivity contribution is -0.140. The van der Waals surface area contributed by atoms with Crippen LogP contribution in [0.1, 0.15) is 52.2 Å². The molecule has 0 aromatic heterocycles. The average Bonchev–Trinajstić information content (AvgIpc) is 2.78. The summed E-state index contributed by atoms with van der Waals surface area (Å²) >= 11 is 0. The molecule has 0 heterocycles. The topological polar surface area (TPSA) is 67.9 Å². The Balaban J connectivity index is 2.17. The first-order chi connectivity index (χ1) is 15.7. The summed E-state index contributed by atoms with van der Waals surface area (Å²) in [6.45, 7) is 10.5. The van der Waals surface area contributed by atoms with Gasteiger partial charge in [0.2, 0.25) is 11.8 Å². The summed E-state index contributed by atoms with van der Waals surface area (Å²) in [6.07, 6.45) is 0.712. The van der Waals surface area contributed by atoms with E-state index in [4.69, 9.17) is 9.47 Å². The zero-order valence-electron chi connectivity index (χ0n) is 20.2. The van der Waals surface area contributed by atoms with Crippen LogP contribution in [0.2, 0.25) is 0 Å². The zero-order chi connectivity index (χ0) is 24.4. The van der Waals surface area contributed by atoms with E-state index in [9.17, 15) is 14.0 Å². The summed E-state index contributed by atoms with van der Waals surface area (Å²) < 4.78 is 24.6. The molecule has 2 aromatic rings. The van der Waals surface area contributed by atoms with Crippen LogP contribution in [0, 0.1) is 5.82 Å².